The van der Waals surface area contributed by atoms with Gasteiger partial charge in [-0.2, -0.15) is 5.10 Å². The normalized spacial score (nSPS) is 14.8. The summed E-state index contributed by atoms with van der Waals surface area (Å²) in [4.78, 5) is 23.7. The number of anilines is 5. The summed E-state index contributed by atoms with van der Waals surface area (Å²) in [6, 6.07) is 10.1. The largest absolute Gasteiger partial charge is 0.381 e. The molecule has 0 atom stereocenters. The van der Waals surface area contributed by atoms with Crippen LogP contribution in [0.5, 0.6) is 0 Å². The third-order valence-corrected chi connectivity index (χ3v) is 7.26. The average molecular weight is 541 g/mol. The standard InChI is InChI=1S/C28H32N10O2/c1-16-12-24(32-17(2)31-16)34-25-13-22(26(36-35-25)28(39)29-3)33-21-7-5-6-19-20-14-30-38(18-8-10-40-11-9-18)23(20)15-37(4)27(19)21/h5-7,12-14,18H,8-11,15H2,1-4H3,(H,29,39)(H2,31,32,33,34,35). The Labute approximate surface area is 232 Å². The van der Waals surface area contributed by atoms with Gasteiger partial charge in [0.05, 0.1) is 41.5 Å². The van der Waals surface area contributed by atoms with Crippen molar-refractivity contribution in [3.8, 4) is 11.1 Å². The summed E-state index contributed by atoms with van der Waals surface area (Å²) in [7, 11) is 3.65. The SMILES string of the molecule is CNC(=O)c1nnc(Nc2cc(C)nc(C)n2)cc1Nc1cccc2c1N(C)Cc1c-2cnn1C1CCOCC1. The molecule has 12 nitrogen and oxygen atoms in total. The van der Waals surface area contributed by atoms with Crippen LogP contribution in [0.1, 0.15) is 46.6 Å². The number of ether oxygens (including phenoxy) is 1. The fourth-order valence-corrected chi connectivity index (χ4v) is 5.48. The van der Waals surface area contributed by atoms with Crippen LogP contribution in [0.15, 0.2) is 36.5 Å². The van der Waals surface area contributed by atoms with Gasteiger partial charge in [0.2, 0.25) is 0 Å². The van der Waals surface area contributed by atoms with Gasteiger partial charge in [-0.15, -0.1) is 10.2 Å². The Kier molecular flexibility index (Phi) is 6.76. The number of carbonyl (C=O) groups excluding carboxylic acids is 1. The van der Waals surface area contributed by atoms with Crippen LogP contribution in [0, 0.1) is 13.8 Å². The van der Waals surface area contributed by atoms with Gasteiger partial charge in [0.1, 0.15) is 11.6 Å². The molecule has 3 N–H and O–H groups in total. The molecule has 6 rings (SSSR count). The van der Waals surface area contributed by atoms with Gasteiger partial charge in [-0.25, -0.2) is 9.97 Å². The first-order chi connectivity index (χ1) is 19.4. The van der Waals surface area contributed by atoms with E-state index in [9.17, 15) is 4.79 Å². The molecule has 0 radical (unpaired) electrons. The van der Waals surface area contributed by atoms with Crippen molar-refractivity contribution in [2.24, 2.45) is 0 Å². The minimum absolute atomic E-state index is 0.187. The molecule has 0 unspecified atom stereocenters. The lowest BCUT2D eigenvalue weighted by Gasteiger charge is -2.32. The minimum atomic E-state index is -0.339. The number of rotatable bonds is 6. The molecule has 12 heteroatoms. The van der Waals surface area contributed by atoms with E-state index in [0.717, 1.165) is 54.3 Å². The van der Waals surface area contributed by atoms with Gasteiger partial charge in [-0.05, 0) is 32.8 Å². The van der Waals surface area contributed by atoms with E-state index in [0.29, 0.717) is 35.7 Å². The fourth-order valence-electron chi connectivity index (χ4n) is 5.48. The van der Waals surface area contributed by atoms with E-state index in [-0.39, 0.29) is 11.6 Å². The van der Waals surface area contributed by atoms with Crippen molar-refractivity contribution in [1.82, 2.24) is 35.3 Å². The number of aromatic nitrogens is 6. The van der Waals surface area contributed by atoms with Crippen LogP contribution in [0.25, 0.3) is 11.1 Å². The summed E-state index contributed by atoms with van der Waals surface area (Å²) in [6.45, 7) is 5.98. The maximum atomic E-state index is 12.7. The highest BCUT2D eigenvalue weighted by molar-refractivity contribution is 6.00. The third-order valence-electron chi connectivity index (χ3n) is 7.26. The second-order valence-corrected chi connectivity index (χ2v) is 10.1. The maximum absolute atomic E-state index is 12.7. The molecule has 1 fully saturated rings. The summed E-state index contributed by atoms with van der Waals surface area (Å²) >= 11 is 0. The monoisotopic (exact) mass is 540 g/mol. The Morgan fingerprint density at radius 3 is 2.60 bits per heavy atom. The summed E-state index contributed by atoms with van der Waals surface area (Å²) in [5.41, 5.74) is 6.83. The second-order valence-electron chi connectivity index (χ2n) is 10.1. The summed E-state index contributed by atoms with van der Waals surface area (Å²) < 4.78 is 7.75. The van der Waals surface area contributed by atoms with Gasteiger partial charge in [-0.3, -0.25) is 9.48 Å². The highest BCUT2D eigenvalue weighted by Gasteiger charge is 2.29. The zero-order valence-corrected chi connectivity index (χ0v) is 23.0. The summed E-state index contributed by atoms with van der Waals surface area (Å²) in [5, 5.41) is 22.6. The van der Waals surface area contributed by atoms with Gasteiger partial charge in [0.15, 0.2) is 11.5 Å². The number of para-hydroxylation sites is 1. The lowest BCUT2D eigenvalue weighted by molar-refractivity contribution is 0.0654. The minimum Gasteiger partial charge on any atom is -0.381 e. The molecular formula is C28H32N10O2. The maximum Gasteiger partial charge on any atom is 0.273 e. The van der Waals surface area contributed by atoms with Crippen molar-refractivity contribution in [2.45, 2.75) is 39.3 Å². The first kappa shape index (κ1) is 25.7. The number of nitrogens with one attached hydrogen (secondary N) is 3. The predicted molar refractivity (Wildman–Crippen MR) is 152 cm³/mol. The van der Waals surface area contributed by atoms with Crippen LogP contribution >= 0.6 is 0 Å². The highest BCUT2D eigenvalue weighted by atomic mass is 16.5. The third kappa shape index (κ3) is 4.81. The smallest absolute Gasteiger partial charge is 0.273 e. The molecule has 1 aromatic carbocycles. The van der Waals surface area contributed by atoms with E-state index in [1.165, 1.54) is 5.69 Å². The molecule has 2 aliphatic heterocycles. The molecule has 4 aromatic rings. The molecule has 1 saturated heterocycles. The zero-order chi connectivity index (χ0) is 27.8. The van der Waals surface area contributed by atoms with E-state index >= 15 is 0 Å². The molecule has 0 saturated carbocycles. The van der Waals surface area contributed by atoms with E-state index in [2.05, 4.69) is 58.8 Å². The fraction of sp³-hybridized carbons (Fsp3) is 0.357. The Morgan fingerprint density at radius 1 is 1.00 bits per heavy atom. The second kappa shape index (κ2) is 10.5. The zero-order valence-electron chi connectivity index (χ0n) is 23.0. The van der Waals surface area contributed by atoms with Crippen LogP contribution < -0.4 is 20.9 Å². The number of hydrogen-bond acceptors (Lipinski definition) is 10. The van der Waals surface area contributed by atoms with Gasteiger partial charge in [0.25, 0.3) is 5.91 Å². The van der Waals surface area contributed by atoms with E-state index in [1.807, 2.05) is 38.2 Å². The molecule has 5 heterocycles. The Morgan fingerprint density at radius 2 is 1.82 bits per heavy atom. The lowest BCUT2D eigenvalue weighted by atomic mass is 9.97. The molecule has 206 valence electrons. The molecule has 3 aromatic heterocycles. The Hall–Kier alpha value is -4.58. The van der Waals surface area contributed by atoms with Gasteiger partial charge in [-0.1, -0.05) is 12.1 Å². The number of benzene rings is 1. The van der Waals surface area contributed by atoms with Crippen molar-refractivity contribution in [1.29, 1.82) is 0 Å². The number of nitrogens with zero attached hydrogens (tertiary/aromatic N) is 7. The predicted octanol–water partition coefficient (Wildman–Crippen LogP) is 3.90. The molecule has 0 bridgehead atoms. The van der Waals surface area contributed by atoms with Crippen LogP contribution in [0.4, 0.5) is 28.7 Å². The van der Waals surface area contributed by atoms with Crippen molar-refractivity contribution >= 4 is 34.6 Å². The molecule has 0 spiro atoms. The van der Waals surface area contributed by atoms with E-state index < -0.39 is 0 Å². The van der Waals surface area contributed by atoms with E-state index in [4.69, 9.17) is 9.84 Å². The first-order valence-corrected chi connectivity index (χ1v) is 13.4. The van der Waals surface area contributed by atoms with Crippen LogP contribution in [0.2, 0.25) is 0 Å². The molecule has 40 heavy (non-hydrogen) atoms. The Balaban J connectivity index is 1.37. The molecule has 0 aliphatic carbocycles. The molecule has 2 aliphatic rings. The molecular weight excluding hydrogens is 508 g/mol. The van der Waals surface area contributed by atoms with Gasteiger partial charge in [0, 0.05) is 56.3 Å². The number of hydrogen-bond donors (Lipinski definition) is 3. The highest BCUT2D eigenvalue weighted by Crippen LogP contribution is 2.45. The van der Waals surface area contributed by atoms with Crippen molar-refractivity contribution in [2.75, 3.05) is 42.8 Å². The number of amides is 1. The number of aryl methyl sites for hydroxylation is 2. The van der Waals surface area contributed by atoms with Crippen LogP contribution in [0.3, 0.4) is 0 Å². The van der Waals surface area contributed by atoms with Crippen LogP contribution in [-0.2, 0) is 11.3 Å². The molecule has 1 amide bonds. The number of fused-ring (bicyclic) bond motifs is 3. The topological polar surface area (TPSA) is 135 Å². The Bertz CT molecular complexity index is 1560. The van der Waals surface area contributed by atoms with Crippen molar-refractivity contribution in [3.63, 3.8) is 0 Å². The van der Waals surface area contributed by atoms with E-state index in [1.54, 1.807) is 13.1 Å². The lowest BCUT2D eigenvalue weighted by Crippen LogP contribution is -2.28. The summed E-state index contributed by atoms with van der Waals surface area (Å²) in [6.07, 6.45) is 3.90. The number of carbonyl (C=O) groups is 1. The quantitative estimate of drug-likeness (QED) is 0.330. The van der Waals surface area contributed by atoms with Crippen molar-refractivity contribution < 1.29 is 9.53 Å². The average Bonchev–Trinajstić information content (AvgIpc) is 3.37. The van der Waals surface area contributed by atoms with Crippen molar-refractivity contribution in [3.05, 3.63) is 59.4 Å². The van der Waals surface area contributed by atoms with Gasteiger partial charge >= 0.3 is 0 Å². The van der Waals surface area contributed by atoms with Crippen LogP contribution in [-0.4, -0.2) is 63.2 Å². The first-order valence-electron chi connectivity index (χ1n) is 13.4. The van der Waals surface area contributed by atoms with Gasteiger partial charge < -0.3 is 25.6 Å². The summed E-state index contributed by atoms with van der Waals surface area (Å²) in [5.74, 6) is 1.36.